The van der Waals surface area contributed by atoms with Crippen LogP contribution in [0.1, 0.15) is 32.8 Å². The van der Waals surface area contributed by atoms with Crippen LogP contribution in [0.15, 0.2) is 30.5 Å². The Hall–Kier alpha value is -1.81. The lowest BCUT2D eigenvalue weighted by Gasteiger charge is -2.19. The molecule has 4 nitrogen and oxygen atoms in total. The zero-order valence-electron chi connectivity index (χ0n) is 12.3. The number of hydrogen-bond donors (Lipinski definition) is 1. The average molecular weight is 274 g/mol. The fourth-order valence-corrected chi connectivity index (χ4v) is 2.20. The Morgan fingerprint density at radius 1 is 1.30 bits per heavy atom. The molecule has 0 saturated heterocycles. The number of aryl methyl sites for hydroxylation is 1. The molecule has 1 heterocycles. The number of fused-ring (bicyclic) bond motifs is 1. The maximum absolute atomic E-state index is 12.3. The first kappa shape index (κ1) is 14.6. The number of nitrogens with two attached hydrogens (primary N) is 1. The van der Waals surface area contributed by atoms with Gasteiger partial charge < -0.3 is 10.5 Å². The Morgan fingerprint density at radius 2 is 2.00 bits per heavy atom. The Labute approximate surface area is 119 Å². The zero-order valence-corrected chi connectivity index (χ0v) is 12.3. The molecule has 2 N–H and O–H groups in total. The van der Waals surface area contributed by atoms with Crippen molar-refractivity contribution in [1.29, 1.82) is 0 Å². The van der Waals surface area contributed by atoms with Crippen LogP contribution in [0, 0.1) is 0 Å². The molecule has 0 radical (unpaired) electrons. The van der Waals surface area contributed by atoms with E-state index >= 15 is 0 Å². The Kier molecular flexibility index (Phi) is 4.14. The predicted molar refractivity (Wildman–Crippen MR) is 80.9 cm³/mol. The van der Waals surface area contributed by atoms with Gasteiger partial charge in [-0.15, -0.1) is 0 Å². The molecule has 0 saturated carbocycles. The van der Waals surface area contributed by atoms with E-state index in [0.29, 0.717) is 6.54 Å². The number of benzene rings is 1. The monoisotopic (exact) mass is 274 g/mol. The molecule has 108 valence electrons. The first-order chi connectivity index (χ1) is 9.42. The van der Waals surface area contributed by atoms with Gasteiger partial charge in [0.1, 0.15) is 5.60 Å². The third-order valence-electron chi connectivity index (χ3n) is 3.03. The van der Waals surface area contributed by atoms with Crippen molar-refractivity contribution in [3.05, 3.63) is 36.0 Å². The van der Waals surface area contributed by atoms with Crippen molar-refractivity contribution in [1.82, 2.24) is 4.57 Å². The van der Waals surface area contributed by atoms with Crippen LogP contribution in [-0.4, -0.2) is 22.8 Å². The summed E-state index contributed by atoms with van der Waals surface area (Å²) >= 11 is 0. The van der Waals surface area contributed by atoms with Gasteiger partial charge in [-0.1, -0.05) is 18.2 Å². The van der Waals surface area contributed by atoms with Crippen molar-refractivity contribution in [2.24, 2.45) is 5.73 Å². The first-order valence-electron chi connectivity index (χ1n) is 6.95. The summed E-state index contributed by atoms with van der Waals surface area (Å²) < 4.78 is 7.04. The van der Waals surface area contributed by atoms with E-state index < -0.39 is 5.60 Å². The molecule has 0 unspecified atom stereocenters. The van der Waals surface area contributed by atoms with Gasteiger partial charge in [0.15, 0.2) is 0 Å². The number of nitrogens with zero attached hydrogens (tertiary/aromatic N) is 1. The molecule has 0 aliphatic carbocycles. The molecule has 2 rings (SSSR count). The minimum absolute atomic E-state index is 0.340. The summed E-state index contributed by atoms with van der Waals surface area (Å²) in [6.45, 7) is 6.25. The second-order valence-corrected chi connectivity index (χ2v) is 5.91. The topological polar surface area (TPSA) is 57.2 Å². The lowest BCUT2D eigenvalue weighted by atomic mass is 10.1. The Morgan fingerprint density at radius 3 is 2.65 bits per heavy atom. The van der Waals surface area contributed by atoms with Crippen molar-refractivity contribution in [2.75, 3.05) is 6.54 Å². The van der Waals surface area contributed by atoms with Gasteiger partial charge in [-0.2, -0.15) is 0 Å². The van der Waals surface area contributed by atoms with Crippen LogP contribution < -0.4 is 5.73 Å². The van der Waals surface area contributed by atoms with E-state index in [1.165, 1.54) is 0 Å². The van der Waals surface area contributed by atoms with Gasteiger partial charge in [0.2, 0.25) is 0 Å². The van der Waals surface area contributed by atoms with Crippen molar-refractivity contribution in [3.8, 4) is 0 Å². The van der Waals surface area contributed by atoms with Crippen LogP contribution in [0.3, 0.4) is 0 Å². The smallest absolute Gasteiger partial charge is 0.419 e. The highest BCUT2D eigenvalue weighted by Gasteiger charge is 2.20. The van der Waals surface area contributed by atoms with Crippen LogP contribution in [0.2, 0.25) is 0 Å². The van der Waals surface area contributed by atoms with Crippen LogP contribution >= 0.6 is 0 Å². The number of ether oxygens (including phenoxy) is 1. The minimum Gasteiger partial charge on any atom is -0.443 e. The Bertz CT molecular complexity index is 608. The van der Waals surface area contributed by atoms with E-state index in [-0.39, 0.29) is 6.09 Å². The highest BCUT2D eigenvalue weighted by molar-refractivity contribution is 5.92. The third kappa shape index (κ3) is 3.20. The van der Waals surface area contributed by atoms with E-state index in [1.54, 1.807) is 4.57 Å². The summed E-state index contributed by atoms with van der Waals surface area (Å²) in [6.07, 6.45) is 3.30. The van der Waals surface area contributed by atoms with Crippen LogP contribution in [0.25, 0.3) is 10.9 Å². The second-order valence-electron chi connectivity index (χ2n) is 5.91. The molecule has 20 heavy (non-hydrogen) atoms. The third-order valence-corrected chi connectivity index (χ3v) is 3.03. The number of carbonyl (C=O) groups is 1. The number of hydrogen-bond acceptors (Lipinski definition) is 3. The van der Waals surface area contributed by atoms with E-state index in [1.807, 2.05) is 51.2 Å². The average Bonchev–Trinajstić information content (AvgIpc) is 2.73. The normalized spacial score (nSPS) is 11.8. The highest BCUT2D eigenvalue weighted by atomic mass is 16.6. The van der Waals surface area contributed by atoms with Gasteiger partial charge in [-0.25, -0.2) is 4.79 Å². The van der Waals surface area contributed by atoms with Crippen molar-refractivity contribution >= 4 is 17.0 Å². The zero-order chi connectivity index (χ0) is 14.8. The van der Waals surface area contributed by atoms with Crippen LogP contribution in [-0.2, 0) is 11.2 Å². The molecular formula is C16H22N2O2. The summed E-state index contributed by atoms with van der Waals surface area (Å²) in [7, 11) is 0. The minimum atomic E-state index is -0.500. The van der Waals surface area contributed by atoms with Gasteiger partial charge in [0.25, 0.3) is 0 Å². The summed E-state index contributed by atoms with van der Waals surface area (Å²) in [6, 6.07) is 7.87. The second kappa shape index (κ2) is 5.67. The molecule has 0 fully saturated rings. The fraction of sp³-hybridized carbons (Fsp3) is 0.438. The quantitative estimate of drug-likeness (QED) is 0.934. The molecule has 0 bridgehead atoms. The summed E-state index contributed by atoms with van der Waals surface area (Å²) in [4.78, 5) is 12.3. The molecule has 0 aliphatic heterocycles. The van der Waals surface area contributed by atoms with Crippen LogP contribution in [0.5, 0.6) is 0 Å². The van der Waals surface area contributed by atoms with Gasteiger partial charge in [-0.3, -0.25) is 4.57 Å². The summed E-state index contributed by atoms with van der Waals surface area (Å²) in [5.41, 5.74) is 7.09. The first-order valence-corrected chi connectivity index (χ1v) is 6.95. The molecule has 1 aromatic heterocycles. The standard InChI is InChI=1S/C16H22N2O2/c1-16(2,3)20-15(19)18-11-12(7-6-10-17)13-8-4-5-9-14(13)18/h4-5,8-9,11H,6-7,10,17H2,1-3H3. The fourth-order valence-electron chi connectivity index (χ4n) is 2.20. The number of rotatable bonds is 3. The molecular weight excluding hydrogens is 252 g/mol. The largest absolute Gasteiger partial charge is 0.443 e. The van der Waals surface area contributed by atoms with E-state index in [4.69, 9.17) is 10.5 Å². The molecule has 2 aromatic rings. The van der Waals surface area contributed by atoms with Gasteiger partial charge in [-0.05, 0) is 51.8 Å². The van der Waals surface area contributed by atoms with Crippen LogP contribution in [0.4, 0.5) is 4.79 Å². The molecule has 4 heteroatoms. The Balaban J connectivity index is 2.40. The van der Waals surface area contributed by atoms with E-state index in [2.05, 4.69) is 0 Å². The number of aromatic nitrogens is 1. The maximum atomic E-state index is 12.3. The van der Waals surface area contributed by atoms with Crippen molar-refractivity contribution in [2.45, 2.75) is 39.2 Å². The van der Waals surface area contributed by atoms with E-state index in [9.17, 15) is 4.79 Å². The SMILES string of the molecule is CC(C)(C)OC(=O)n1cc(CCCN)c2ccccc21. The molecule has 0 amide bonds. The van der Waals surface area contributed by atoms with E-state index in [0.717, 1.165) is 29.3 Å². The van der Waals surface area contributed by atoms with Crippen molar-refractivity contribution < 1.29 is 9.53 Å². The number of para-hydroxylation sites is 1. The molecule has 1 aromatic carbocycles. The van der Waals surface area contributed by atoms with Gasteiger partial charge >= 0.3 is 6.09 Å². The summed E-state index contributed by atoms with van der Waals surface area (Å²) in [5, 5.41) is 1.09. The van der Waals surface area contributed by atoms with Gasteiger partial charge in [0, 0.05) is 11.6 Å². The number of carbonyl (C=O) groups excluding carboxylic acids is 1. The maximum Gasteiger partial charge on any atom is 0.419 e. The summed E-state index contributed by atoms with van der Waals surface area (Å²) in [5.74, 6) is 0. The van der Waals surface area contributed by atoms with Gasteiger partial charge in [0.05, 0.1) is 5.52 Å². The molecule has 0 aliphatic rings. The molecule has 0 spiro atoms. The lowest BCUT2D eigenvalue weighted by Crippen LogP contribution is -2.26. The lowest BCUT2D eigenvalue weighted by molar-refractivity contribution is 0.0544. The molecule has 0 atom stereocenters. The van der Waals surface area contributed by atoms with Crippen molar-refractivity contribution in [3.63, 3.8) is 0 Å². The highest BCUT2D eigenvalue weighted by Crippen LogP contribution is 2.23. The predicted octanol–water partition coefficient (Wildman–Crippen LogP) is 3.32.